The van der Waals surface area contributed by atoms with Gasteiger partial charge in [0.05, 0.1) is 5.69 Å². The van der Waals surface area contributed by atoms with Crippen molar-refractivity contribution in [3.8, 4) is 0 Å². The summed E-state index contributed by atoms with van der Waals surface area (Å²) in [5.41, 5.74) is 8.35. The summed E-state index contributed by atoms with van der Waals surface area (Å²) in [5, 5.41) is 12.7. The molecule has 0 aromatic carbocycles. The number of nitrogens with one attached hydrogen (secondary N) is 1. The standard InChI is InChI=1S/C11H15N3O/c1-7-4-5-9(12)14-10(7)8-3-2-6-13-11(8)15/h4-5,13,15H,2-3,6H2,1H3,(H2,12,14). The smallest absolute Gasteiger partial charge is 0.189 e. The van der Waals surface area contributed by atoms with Crippen LogP contribution in [0.1, 0.15) is 24.1 Å². The summed E-state index contributed by atoms with van der Waals surface area (Å²) >= 11 is 0. The Morgan fingerprint density at radius 2 is 2.27 bits per heavy atom. The highest BCUT2D eigenvalue weighted by molar-refractivity contribution is 5.68. The molecule has 0 saturated heterocycles. The minimum absolute atomic E-state index is 0.238. The molecular formula is C11H15N3O. The number of aliphatic hydroxyl groups is 1. The van der Waals surface area contributed by atoms with Gasteiger partial charge in [-0.3, -0.25) is 0 Å². The summed E-state index contributed by atoms with van der Waals surface area (Å²) in [6.07, 6.45) is 1.85. The first kappa shape index (κ1) is 9.83. The van der Waals surface area contributed by atoms with Gasteiger partial charge < -0.3 is 16.2 Å². The van der Waals surface area contributed by atoms with E-state index >= 15 is 0 Å². The van der Waals surface area contributed by atoms with Crippen LogP contribution in [-0.2, 0) is 0 Å². The number of allylic oxidation sites excluding steroid dienone is 1. The van der Waals surface area contributed by atoms with E-state index in [0.29, 0.717) is 5.82 Å². The quantitative estimate of drug-likeness (QED) is 0.651. The number of rotatable bonds is 1. The van der Waals surface area contributed by atoms with E-state index in [0.717, 1.165) is 36.2 Å². The van der Waals surface area contributed by atoms with E-state index in [1.54, 1.807) is 6.07 Å². The maximum atomic E-state index is 9.73. The Balaban J connectivity index is 2.48. The lowest BCUT2D eigenvalue weighted by Crippen LogP contribution is -2.21. The molecule has 0 saturated carbocycles. The number of hydrogen-bond acceptors (Lipinski definition) is 4. The molecule has 1 aliphatic rings. The van der Waals surface area contributed by atoms with Crippen molar-refractivity contribution in [1.29, 1.82) is 0 Å². The number of nitrogen functional groups attached to an aromatic ring is 1. The zero-order valence-corrected chi connectivity index (χ0v) is 8.75. The predicted octanol–water partition coefficient (Wildman–Crippen LogP) is 1.58. The minimum atomic E-state index is 0.238. The Bertz CT molecular complexity index is 412. The molecule has 0 spiro atoms. The van der Waals surface area contributed by atoms with Crippen LogP contribution in [0.2, 0.25) is 0 Å². The molecule has 0 radical (unpaired) electrons. The van der Waals surface area contributed by atoms with Crippen LogP contribution in [0.3, 0.4) is 0 Å². The number of nitrogens with zero attached hydrogens (tertiary/aromatic N) is 1. The summed E-state index contributed by atoms with van der Waals surface area (Å²) in [7, 11) is 0. The number of pyridine rings is 1. The van der Waals surface area contributed by atoms with Crippen LogP contribution in [0, 0.1) is 6.92 Å². The van der Waals surface area contributed by atoms with Crippen LogP contribution in [0.25, 0.3) is 5.57 Å². The van der Waals surface area contributed by atoms with Gasteiger partial charge in [0.25, 0.3) is 0 Å². The molecule has 2 heterocycles. The average Bonchev–Trinajstić information content (AvgIpc) is 2.23. The van der Waals surface area contributed by atoms with Crippen molar-refractivity contribution in [2.24, 2.45) is 0 Å². The number of hydrogen-bond donors (Lipinski definition) is 3. The fraction of sp³-hybridized carbons (Fsp3) is 0.364. The van der Waals surface area contributed by atoms with Gasteiger partial charge in [0.2, 0.25) is 0 Å². The zero-order valence-electron chi connectivity index (χ0n) is 8.75. The number of aliphatic hydroxyl groups excluding tert-OH is 1. The van der Waals surface area contributed by atoms with E-state index in [4.69, 9.17) is 5.73 Å². The first-order valence-corrected chi connectivity index (χ1v) is 5.08. The van der Waals surface area contributed by atoms with Crippen LogP contribution < -0.4 is 11.1 Å². The summed E-state index contributed by atoms with van der Waals surface area (Å²) in [4.78, 5) is 4.27. The van der Waals surface area contributed by atoms with Crippen LogP contribution in [0.15, 0.2) is 18.0 Å². The SMILES string of the molecule is Cc1ccc(N)nc1C1=C(O)NCCC1. The lowest BCUT2D eigenvalue weighted by molar-refractivity contribution is 0.355. The molecule has 1 aliphatic heterocycles. The molecule has 0 atom stereocenters. The third-order valence-electron chi connectivity index (χ3n) is 2.59. The van der Waals surface area contributed by atoms with Crippen LogP contribution in [-0.4, -0.2) is 16.6 Å². The Morgan fingerprint density at radius 3 is 3.00 bits per heavy atom. The highest BCUT2D eigenvalue weighted by Crippen LogP contribution is 2.26. The van der Waals surface area contributed by atoms with Gasteiger partial charge in [-0.05, 0) is 31.4 Å². The monoisotopic (exact) mass is 205 g/mol. The van der Waals surface area contributed by atoms with E-state index in [1.165, 1.54) is 0 Å². The molecule has 4 N–H and O–H groups in total. The van der Waals surface area contributed by atoms with Crippen LogP contribution >= 0.6 is 0 Å². The maximum absolute atomic E-state index is 9.73. The molecule has 15 heavy (non-hydrogen) atoms. The first-order valence-electron chi connectivity index (χ1n) is 5.08. The van der Waals surface area contributed by atoms with Crippen molar-refractivity contribution in [3.05, 3.63) is 29.3 Å². The van der Waals surface area contributed by atoms with Gasteiger partial charge in [-0.2, -0.15) is 0 Å². The van der Waals surface area contributed by atoms with E-state index < -0.39 is 0 Å². The van der Waals surface area contributed by atoms with Gasteiger partial charge in [-0.15, -0.1) is 0 Å². The molecule has 2 rings (SSSR count). The van der Waals surface area contributed by atoms with Gasteiger partial charge in [-0.25, -0.2) is 4.98 Å². The number of nitrogens with two attached hydrogens (primary N) is 1. The highest BCUT2D eigenvalue weighted by atomic mass is 16.3. The lowest BCUT2D eigenvalue weighted by Gasteiger charge is -2.18. The van der Waals surface area contributed by atoms with E-state index in [9.17, 15) is 5.11 Å². The van der Waals surface area contributed by atoms with Gasteiger partial charge in [-0.1, -0.05) is 6.07 Å². The summed E-state index contributed by atoms with van der Waals surface area (Å²) in [5.74, 6) is 0.726. The van der Waals surface area contributed by atoms with Crippen LogP contribution in [0.5, 0.6) is 0 Å². The molecule has 4 nitrogen and oxygen atoms in total. The zero-order chi connectivity index (χ0) is 10.8. The third kappa shape index (κ3) is 1.88. The Kier molecular flexibility index (Phi) is 2.49. The fourth-order valence-electron chi connectivity index (χ4n) is 1.78. The van der Waals surface area contributed by atoms with Crippen molar-refractivity contribution >= 4 is 11.4 Å². The number of aromatic nitrogens is 1. The second-order valence-electron chi connectivity index (χ2n) is 3.76. The van der Waals surface area contributed by atoms with Gasteiger partial charge in [0, 0.05) is 12.1 Å². The van der Waals surface area contributed by atoms with Crippen molar-refractivity contribution in [1.82, 2.24) is 10.3 Å². The normalized spacial score (nSPS) is 16.3. The number of aryl methyl sites for hydroxylation is 1. The second-order valence-corrected chi connectivity index (χ2v) is 3.76. The van der Waals surface area contributed by atoms with Gasteiger partial charge in [0.15, 0.2) is 5.88 Å². The molecule has 1 aromatic rings. The minimum Gasteiger partial charge on any atom is -0.495 e. The molecule has 0 aliphatic carbocycles. The topological polar surface area (TPSA) is 71.2 Å². The average molecular weight is 205 g/mol. The molecule has 80 valence electrons. The van der Waals surface area contributed by atoms with Crippen molar-refractivity contribution in [3.63, 3.8) is 0 Å². The highest BCUT2D eigenvalue weighted by Gasteiger charge is 2.16. The van der Waals surface area contributed by atoms with E-state index in [1.807, 2.05) is 13.0 Å². The molecule has 0 amide bonds. The fourth-order valence-corrected chi connectivity index (χ4v) is 1.78. The van der Waals surface area contributed by atoms with Crippen molar-refractivity contribution in [2.45, 2.75) is 19.8 Å². The van der Waals surface area contributed by atoms with E-state index in [2.05, 4.69) is 10.3 Å². The van der Waals surface area contributed by atoms with Gasteiger partial charge >= 0.3 is 0 Å². The Morgan fingerprint density at radius 1 is 1.47 bits per heavy atom. The number of anilines is 1. The van der Waals surface area contributed by atoms with E-state index in [-0.39, 0.29) is 5.88 Å². The van der Waals surface area contributed by atoms with Crippen molar-refractivity contribution < 1.29 is 5.11 Å². The largest absolute Gasteiger partial charge is 0.495 e. The maximum Gasteiger partial charge on any atom is 0.189 e. The summed E-state index contributed by atoms with van der Waals surface area (Å²) in [6.45, 7) is 2.79. The second kappa shape index (κ2) is 3.81. The Hall–Kier alpha value is -1.71. The molecule has 0 bridgehead atoms. The molecule has 0 unspecified atom stereocenters. The predicted molar refractivity (Wildman–Crippen MR) is 60.2 cm³/mol. The molecule has 1 aromatic heterocycles. The lowest BCUT2D eigenvalue weighted by atomic mass is 10.0. The first-order chi connectivity index (χ1) is 7.18. The summed E-state index contributed by atoms with van der Waals surface area (Å²) < 4.78 is 0. The Labute approximate surface area is 88.8 Å². The molecule has 0 fully saturated rings. The third-order valence-corrected chi connectivity index (χ3v) is 2.59. The van der Waals surface area contributed by atoms with Crippen LogP contribution in [0.4, 0.5) is 5.82 Å². The molecular weight excluding hydrogens is 190 g/mol. The summed E-state index contributed by atoms with van der Waals surface area (Å²) in [6, 6.07) is 3.69. The van der Waals surface area contributed by atoms with Gasteiger partial charge in [0.1, 0.15) is 5.82 Å². The van der Waals surface area contributed by atoms with Crippen molar-refractivity contribution in [2.75, 3.05) is 12.3 Å². The molecule has 4 heteroatoms.